The van der Waals surface area contributed by atoms with Crippen LogP contribution in [0.15, 0.2) is 53.4 Å². The predicted molar refractivity (Wildman–Crippen MR) is 73.1 cm³/mol. The molecule has 0 aliphatic rings. The molecule has 0 aliphatic heterocycles. The zero-order valence-electron chi connectivity index (χ0n) is 9.84. The Morgan fingerprint density at radius 1 is 1.06 bits per heavy atom. The molecule has 90 valence electrons. The van der Waals surface area contributed by atoms with Crippen LogP contribution in [0.2, 0.25) is 0 Å². The van der Waals surface area contributed by atoms with Crippen molar-refractivity contribution in [3.8, 4) is 6.07 Å². The molecule has 2 aromatic carbocycles. The number of benzene rings is 2. The van der Waals surface area contributed by atoms with Crippen LogP contribution in [-0.4, -0.2) is 5.11 Å². The number of nitriles is 1. The lowest BCUT2D eigenvalue weighted by molar-refractivity contribution is 0.281. The van der Waals surface area contributed by atoms with Gasteiger partial charge < -0.3 is 5.11 Å². The summed E-state index contributed by atoms with van der Waals surface area (Å²) < 4.78 is 0. The van der Waals surface area contributed by atoms with E-state index in [1.54, 1.807) is 17.8 Å². The molecule has 0 saturated heterocycles. The van der Waals surface area contributed by atoms with Crippen LogP contribution >= 0.6 is 11.8 Å². The highest BCUT2D eigenvalue weighted by Gasteiger charge is 2.04. The van der Waals surface area contributed by atoms with Crippen LogP contribution in [0, 0.1) is 11.3 Å². The van der Waals surface area contributed by atoms with Crippen LogP contribution in [0.1, 0.15) is 16.7 Å². The third-order valence-corrected chi connectivity index (χ3v) is 3.73. The summed E-state index contributed by atoms with van der Waals surface area (Å²) in [5.74, 6) is 0.841. The van der Waals surface area contributed by atoms with Gasteiger partial charge in [0, 0.05) is 10.6 Å². The van der Waals surface area contributed by atoms with Crippen molar-refractivity contribution in [3.05, 3.63) is 65.2 Å². The molecule has 0 atom stereocenters. The molecule has 2 aromatic rings. The van der Waals surface area contributed by atoms with Crippen molar-refractivity contribution in [2.75, 3.05) is 0 Å². The Bertz CT molecular complexity index is 560. The Kier molecular flexibility index (Phi) is 4.40. The molecule has 2 rings (SSSR count). The van der Waals surface area contributed by atoms with Gasteiger partial charge in [-0.25, -0.2) is 0 Å². The zero-order chi connectivity index (χ0) is 12.8. The Morgan fingerprint density at radius 2 is 1.83 bits per heavy atom. The SMILES string of the molecule is N#Cc1cc(CO)ccc1SCc1ccccc1. The summed E-state index contributed by atoms with van der Waals surface area (Å²) in [6.07, 6.45) is 0. The highest BCUT2D eigenvalue weighted by atomic mass is 32.2. The number of hydrogen-bond donors (Lipinski definition) is 1. The van der Waals surface area contributed by atoms with E-state index in [1.807, 2.05) is 30.3 Å². The maximum Gasteiger partial charge on any atom is 0.100 e. The molecule has 0 bridgehead atoms. The lowest BCUT2D eigenvalue weighted by Gasteiger charge is -2.05. The fourth-order valence-corrected chi connectivity index (χ4v) is 2.56. The van der Waals surface area contributed by atoms with E-state index < -0.39 is 0 Å². The van der Waals surface area contributed by atoms with Gasteiger partial charge >= 0.3 is 0 Å². The molecule has 18 heavy (non-hydrogen) atoms. The monoisotopic (exact) mass is 255 g/mol. The predicted octanol–water partition coefficient (Wildman–Crippen LogP) is 3.34. The number of aliphatic hydroxyl groups excluding tert-OH is 1. The van der Waals surface area contributed by atoms with Gasteiger partial charge in [0.25, 0.3) is 0 Å². The van der Waals surface area contributed by atoms with Crippen LogP contribution in [0.3, 0.4) is 0 Å². The van der Waals surface area contributed by atoms with Gasteiger partial charge in [-0.05, 0) is 23.3 Å². The Hall–Kier alpha value is -1.76. The maximum atomic E-state index is 9.09. The van der Waals surface area contributed by atoms with Gasteiger partial charge in [-0.15, -0.1) is 11.8 Å². The normalized spacial score (nSPS) is 10.0. The Balaban J connectivity index is 2.12. The quantitative estimate of drug-likeness (QED) is 0.852. The van der Waals surface area contributed by atoms with Crippen molar-refractivity contribution in [2.45, 2.75) is 17.3 Å². The smallest absolute Gasteiger partial charge is 0.100 e. The van der Waals surface area contributed by atoms with Crippen molar-refractivity contribution in [2.24, 2.45) is 0 Å². The van der Waals surface area contributed by atoms with Gasteiger partial charge in [0.1, 0.15) is 6.07 Å². The summed E-state index contributed by atoms with van der Waals surface area (Å²) in [7, 11) is 0. The highest BCUT2D eigenvalue weighted by Crippen LogP contribution is 2.26. The number of thioether (sulfide) groups is 1. The fraction of sp³-hybridized carbons (Fsp3) is 0.133. The number of hydrogen-bond acceptors (Lipinski definition) is 3. The minimum atomic E-state index is -0.0295. The summed E-state index contributed by atoms with van der Waals surface area (Å²) in [5.41, 5.74) is 2.63. The molecular weight excluding hydrogens is 242 g/mol. The highest BCUT2D eigenvalue weighted by molar-refractivity contribution is 7.98. The zero-order valence-corrected chi connectivity index (χ0v) is 10.7. The van der Waals surface area contributed by atoms with Gasteiger partial charge in [-0.1, -0.05) is 36.4 Å². The largest absolute Gasteiger partial charge is 0.392 e. The van der Waals surface area contributed by atoms with E-state index >= 15 is 0 Å². The lowest BCUT2D eigenvalue weighted by atomic mass is 10.1. The Labute approximate surface area is 111 Å². The molecule has 0 aromatic heterocycles. The first kappa shape index (κ1) is 12.7. The second-order valence-electron chi connectivity index (χ2n) is 3.87. The number of rotatable bonds is 4. The lowest BCUT2D eigenvalue weighted by Crippen LogP contribution is -1.88. The third kappa shape index (κ3) is 3.13. The van der Waals surface area contributed by atoms with Crippen molar-refractivity contribution in [1.29, 1.82) is 5.26 Å². The second kappa shape index (κ2) is 6.25. The van der Waals surface area contributed by atoms with Gasteiger partial charge in [0.15, 0.2) is 0 Å². The molecule has 0 amide bonds. The minimum absolute atomic E-state index is 0.0295. The van der Waals surface area contributed by atoms with Crippen LogP contribution in [0.25, 0.3) is 0 Å². The summed E-state index contributed by atoms with van der Waals surface area (Å²) in [6.45, 7) is -0.0295. The van der Waals surface area contributed by atoms with Crippen LogP contribution in [0.5, 0.6) is 0 Å². The summed E-state index contributed by atoms with van der Waals surface area (Å²) in [5, 5.41) is 18.1. The van der Waals surface area contributed by atoms with Crippen molar-refractivity contribution < 1.29 is 5.11 Å². The van der Waals surface area contributed by atoms with Crippen molar-refractivity contribution in [3.63, 3.8) is 0 Å². The standard InChI is InChI=1S/C15H13NOS/c16-9-14-8-13(10-17)6-7-15(14)18-11-12-4-2-1-3-5-12/h1-8,17H,10-11H2. The molecule has 0 spiro atoms. The first-order chi connectivity index (χ1) is 8.83. The number of nitrogens with zero attached hydrogens (tertiary/aromatic N) is 1. The van der Waals surface area contributed by atoms with Crippen molar-refractivity contribution in [1.82, 2.24) is 0 Å². The van der Waals surface area contributed by atoms with E-state index in [2.05, 4.69) is 18.2 Å². The van der Waals surface area contributed by atoms with Crippen molar-refractivity contribution >= 4 is 11.8 Å². The van der Waals surface area contributed by atoms with Crippen LogP contribution in [0.4, 0.5) is 0 Å². The second-order valence-corrected chi connectivity index (χ2v) is 4.89. The Morgan fingerprint density at radius 3 is 2.50 bits per heavy atom. The first-order valence-corrected chi connectivity index (χ1v) is 6.62. The average molecular weight is 255 g/mol. The van der Waals surface area contributed by atoms with E-state index in [1.165, 1.54) is 5.56 Å². The molecule has 2 nitrogen and oxygen atoms in total. The molecule has 0 unspecified atom stereocenters. The van der Waals surface area contributed by atoms with Crippen LogP contribution < -0.4 is 0 Å². The van der Waals surface area contributed by atoms with E-state index in [0.29, 0.717) is 5.56 Å². The first-order valence-electron chi connectivity index (χ1n) is 5.64. The maximum absolute atomic E-state index is 9.09. The molecule has 0 fully saturated rings. The summed E-state index contributed by atoms with van der Waals surface area (Å²) >= 11 is 1.64. The average Bonchev–Trinajstić information content (AvgIpc) is 2.46. The summed E-state index contributed by atoms with van der Waals surface area (Å²) in [6, 6.07) is 17.8. The van der Waals surface area contributed by atoms with Gasteiger partial charge in [0.2, 0.25) is 0 Å². The topological polar surface area (TPSA) is 44.0 Å². The van der Waals surface area contributed by atoms with E-state index in [4.69, 9.17) is 10.4 Å². The molecule has 0 heterocycles. The molecule has 0 radical (unpaired) electrons. The minimum Gasteiger partial charge on any atom is -0.392 e. The molecule has 3 heteroatoms. The molecule has 1 N–H and O–H groups in total. The van der Waals surface area contributed by atoms with Gasteiger partial charge in [-0.2, -0.15) is 5.26 Å². The number of aliphatic hydroxyl groups is 1. The van der Waals surface area contributed by atoms with Gasteiger partial charge in [0.05, 0.1) is 12.2 Å². The van der Waals surface area contributed by atoms with Gasteiger partial charge in [-0.3, -0.25) is 0 Å². The summed E-state index contributed by atoms with van der Waals surface area (Å²) in [4.78, 5) is 0.957. The molecule has 0 saturated carbocycles. The molecular formula is C15H13NOS. The van der Waals surface area contributed by atoms with E-state index in [9.17, 15) is 0 Å². The fourth-order valence-electron chi connectivity index (χ4n) is 1.62. The third-order valence-electron chi connectivity index (χ3n) is 2.58. The molecule has 0 aliphatic carbocycles. The van der Waals surface area contributed by atoms with Crippen LogP contribution in [-0.2, 0) is 12.4 Å². The van der Waals surface area contributed by atoms with E-state index in [-0.39, 0.29) is 6.61 Å². The van der Waals surface area contributed by atoms with E-state index in [0.717, 1.165) is 16.2 Å².